The van der Waals surface area contributed by atoms with Gasteiger partial charge >= 0.3 is 0 Å². The summed E-state index contributed by atoms with van der Waals surface area (Å²) >= 11 is 5.11. The van der Waals surface area contributed by atoms with Crippen LogP contribution >= 0.6 is 27.3 Å². The molecule has 1 atom stereocenters. The summed E-state index contributed by atoms with van der Waals surface area (Å²) in [6.07, 6.45) is -0.654. The van der Waals surface area contributed by atoms with E-state index in [9.17, 15) is 5.11 Å². The van der Waals surface area contributed by atoms with Gasteiger partial charge in [0.05, 0.1) is 24.1 Å². The Morgan fingerprint density at radius 2 is 2.05 bits per heavy atom. The molecule has 6 heteroatoms. The van der Waals surface area contributed by atoms with Crippen LogP contribution in [-0.4, -0.2) is 25.9 Å². The lowest BCUT2D eigenvalue weighted by molar-refractivity contribution is 0.170. The SMILES string of the molecule is COc1ccc(OC)c(C(O)CNCc2ccc(Br)s2)c1. The van der Waals surface area contributed by atoms with Crippen molar-refractivity contribution in [1.29, 1.82) is 0 Å². The van der Waals surface area contributed by atoms with Crippen molar-refractivity contribution >= 4 is 27.3 Å². The second-order valence-corrected chi connectivity index (χ2v) is 7.01. The number of thiophene rings is 1. The maximum absolute atomic E-state index is 10.3. The minimum atomic E-state index is -0.654. The number of methoxy groups -OCH3 is 2. The molecule has 1 aromatic carbocycles. The molecule has 0 fully saturated rings. The van der Waals surface area contributed by atoms with E-state index in [1.54, 1.807) is 37.7 Å². The van der Waals surface area contributed by atoms with E-state index in [1.165, 1.54) is 4.88 Å². The molecular weight excluding hydrogens is 354 g/mol. The average molecular weight is 372 g/mol. The number of rotatable bonds is 7. The summed E-state index contributed by atoms with van der Waals surface area (Å²) in [6, 6.07) is 9.48. The molecule has 0 radical (unpaired) electrons. The molecule has 0 amide bonds. The van der Waals surface area contributed by atoms with Gasteiger partial charge in [0.25, 0.3) is 0 Å². The quantitative estimate of drug-likeness (QED) is 0.783. The Kier molecular flexibility index (Phi) is 6.05. The largest absolute Gasteiger partial charge is 0.497 e. The van der Waals surface area contributed by atoms with Crippen LogP contribution in [0.25, 0.3) is 0 Å². The van der Waals surface area contributed by atoms with Crippen LogP contribution in [0.3, 0.4) is 0 Å². The van der Waals surface area contributed by atoms with Crippen molar-refractivity contribution in [1.82, 2.24) is 5.32 Å². The summed E-state index contributed by atoms with van der Waals surface area (Å²) in [5.74, 6) is 1.36. The van der Waals surface area contributed by atoms with Crippen LogP contribution < -0.4 is 14.8 Å². The fraction of sp³-hybridized carbons (Fsp3) is 0.333. The first-order valence-electron chi connectivity index (χ1n) is 6.49. The number of nitrogens with one attached hydrogen (secondary N) is 1. The zero-order valence-electron chi connectivity index (χ0n) is 11.9. The lowest BCUT2D eigenvalue weighted by Gasteiger charge is -2.16. The highest BCUT2D eigenvalue weighted by atomic mass is 79.9. The Hall–Kier alpha value is -1.08. The Morgan fingerprint density at radius 1 is 1.24 bits per heavy atom. The lowest BCUT2D eigenvalue weighted by atomic mass is 10.1. The molecule has 1 aromatic heterocycles. The fourth-order valence-electron chi connectivity index (χ4n) is 1.99. The molecular formula is C15H18BrNO3S. The minimum absolute atomic E-state index is 0.443. The van der Waals surface area contributed by atoms with Crippen molar-refractivity contribution in [3.8, 4) is 11.5 Å². The number of ether oxygens (including phenoxy) is 2. The van der Waals surface area contributed by atoms with Crippen molar-refractivity contribution < 1.29 is 14.6 Å². The molecule has 114 valence electrons. The summed E-state index contributed by atoms with van der Waals surface area (Å²) in [5, 5.41) is 13.6. The molecule has 2 aromatic rings. The molecule has 0 bridgehead atoms. The van der Waals surface area contributed by atoms with Gasteiger partial charge in [-0.25, -0.2) is 0 Å². The predicted octanol–water partition coefficient (Wildman–Crippen LogP) is 3.35. The average Bonchev–Trinajstić information content (AvgIpc) is 2.91. The maximum Gasteiger partial charge on any atom is 0.124 e. The van der Waals surface area contributed by atoms with Gasteiger partial charge in [0.1, 0.15) is 11.5 Å². The number of halogens is 1. The lowest BCUT2D eigenvalue weighted by Crippen LogP contribution is -2.21. The van der Waals surface area contributed by atoms with Gasteiger partial charge in [0.2, 0.25) is 0 Å². The van der Waals surface area contributed by atoms with Gasteiger partial charge in [-0.1, -0.05) is 0 Å². The molecule has 1 heterocycles. The van der Waals surface area contributed by atoms with Crippen LogP contribution in [0.2, 0.25) is 0 Å². The Morgan fingerprint density at radius 3 is 2.67 bits per heavy atom. The standard InChI is InChI=1S/C15H18BrNO3S/c1-19-10-3-5-14(20-2)12(7-10)13(18)9-17-8-11-4-6-15(16)21-11/h3-7,13,17-18H,8-9H2,1-2H3. The third-order valence-corrected chi connectivity index (χ3v) is 4.69. The zero-order chi connectivity index (χ0) is 15.2. The van der Waals surface area contributed by atoms with E-state index in [4.69, 9.17) is 9.47 Å². The van der Waals surface area contributed by atoms with Gasteiger partial charge in [-0.3, -0.25) is 0 Å². The van der Waals surface area contributed by atoms with Crippen LogP contribution in [0.15, 0.2) is 34.1 Å². The molecule has 0 aliphatic heterocycles. The summed E-state index contributed by atoms with van der Waals surface area (Å²) in [7, 11) is 3.19. The van der Waals surface area contributed by atoms with Crippen molar-refractivity contribution in [3.63, 3.8) is 0 Å². The molecule has 4 nitrogen and oxygen atoms in total. The molecule has 0 aliphatic rings. The van der Waals surface area contributed by atoms with Gasteiger partial charge in [-0.05, 0) is 46.3 Å². The van der Waals surface area contributed by atoms with Crippen LogP contribution in [-0.2, 0) is 6.54 Å². The minimum Gasteiger partial charge on any atom is -0.497 e. The van der Waals surface area contributed by atoms with Crippen LogP contribution in [0.1, 0.15) is 16.5 Å². The molecule has 0 saturated heterocycles. The van der Waals surface area contributed by atoms with Gasteiger partial charge in [-0.15, -0.1) is 11.3 Å². The number of hydrogen-bond acceptors (Lipinski definition) is 5. The van der Waals surface area contributed by atoms with Crippen molar-refractivity contribution in [3.05, 3.63) is 44.6 Å². The van der Waals surface area contributed by atoms with E-state index in [2.05, 4.69) is 27.3 Å². The first-order valence-corrected chi connectivity index (χ1v) is 8.10. The van der Waals surface area contributed by atoms with Crippen LogP contribution in [0.5, 0.6) is 11.5 Å². The third kappa shape index (κ3) is 4.44. The fourth-order valence-corrected chi connectivity index (χ4v) is 3.44. The summed E-state index contributed by atoms with van der Waals surface area (Å²) in [6.45, 7) is 1.17. The van der Waals surface area contributed by atoms with Crippen LogP contribution in [0.4, 0.5) is 0 Å². The van der Waals surface area contributed by atoms with Gasteiger partial charge in [-0.2, -0.15) is 0 Å². The van der Waals surface area contributed by atoms with E-state index in [1.807, 2.05) is 12.1 Å². The normalized spacial score (nSPS) is 12.2. The third-order valence-electron chi connectivity index (χ3n) is 3.06. The Balaban J connectivity index is 1.97. The van der Waals surface area contributed by atoms with Crippen molar-refractivity contribution in [2.75, 3.05) is 20.8 Å². The van der Waals surface area contributed by atoms with E-state index < -0.39 is 6.10 Å². The number of hydrogen-bond donors (Lipinski definition) is 2. The van der Waals surface area contributed by atoms with E-state index in [-0.39, 0.29) is 0 Å². The molecule has 0 aliphatic carbocycles. The summed E-state index contributed by atoms with van der Waals surface area (Å²) in [4.78, 5) is 1.21. The zero-order valence-corrected chi connectivity index (χ0v) is 14.3. The smallest absolute Gasteiger partial charge is 0.124 e. The van der Waals surface area contributed by atoms with E-state index >= 15 is 0 Å². The Bertz CT molecular complexity index is 588. The highest BCUT2D eigenvalue weighted by Gasteiger charge is 2.14. The first kappa shape index (κ1) is 16.3. The maximum atomic E-state index is 10.3. The second-order valence-electron chi connectivity index (χ2n) is 4.46. The van der Waals surface area contributed by atoms with Gasteiger partial charge in [0.15, 0.2) is 0 Å². The van der Waals surface area contributed by atoms with Crippen LogP contribution in [0, 0.1) is 0 Å². The first-order chi connectivity index (χ1) is 10.1. The molecule has 0 saturated carbocycles. The van der Waals surface area contributed by atoms with Crippen molar-refractivity contribution in [2.45, 2.75) is 12.6 Å². The van der Waals surface area contributed by atoms with Gasteiger partial charge < -0.3 is 19.9 Å². The van der Waals surface area contributed by atoms with Gasteiger partial charge in [0, 0.05) is 23.5 Å². The summed E-state index contributed by atoms with van der Waals surface area (Å²) in [5.41, 5.74) is 0.719. The summed E-state index contributed by atoms with van der Waals surface area (Å²) < 4.78 is 11.6. The van der Waals surface area contributed by atoms with Crippen molar-refractivity contribution in [2.24, 2.45) is 0 Å². The molecule has 0 spiro atoms. The second kappa shape index (κ2) is 7.79. The number of aliphatic hydroxyl groups is 1. The number of aliphatic hydroxyl groups excluding tert-OH is 1. The molecule has 2 rings (SSSR count). The predicted molar refractivity (Wildman–Crippen MR) is 88.2 cm³/mol. The topological polar surface area (TPSA) is 50.7 Å². The van der Waals surface area contributed by atoms with E-state index in [0.717, 1.165) is 15.9 Å². The highest BCUT2D eigenvalue weighted by molar-refractivity contribution is 9.11. The monoisotopic (exact) mass is 371 g/mol. The Labute approximate surface area is 136 Å². The molecule has 2 N–H and O–H groups in total. The highest BCUT2D eigenvalue weighted by Crippen LogP contribution is 2.29. The molecule has 21 heavy (non-hydrogen) atoms. The number of benzene rings is 1. The van der Waals surface area contributed by atoms with E-state index in [0.29, 0.717) is 18.0 Å². The molecule has 1 unspecified atom stereocenters.